The molecule has 3 aromatic heterocycles. The number of anilines is 1. The first kappa shape index (κ1) is 26.8. The number of aromatic nitrogens is 6. The molecule has 0 spiro atoms. The monoisotopic (exact) mass is 581 g/mol. The van der Waals surface area contributed by atoms with Gasteiger partial charge in [-0.15, -0.1) is 10.2 Å². The number of nitrogens with one attached hydrogen (secondary N) is 1. The van der Waals surface area contributed by atoms with Crippen LogP contribution in [0.25, 0.3) is 22.6 Å². The maximum Gasteiger partial charge on any atom is 0.272 e. The van der Waals surface area contributed by atoms with Crippen molar-refractivity contribution >= 4 is 28.6 Å². The molecule has 0 radical (unpaired) electrons. The number of hydrogen-bond donors (Lipinski definition) is 1. The van der Waals surface area contributed by atoms with E-state index in [1.54, 1.807) is 48.5 Å². The van der Waals surface area contributed by atoms with Crippen molar-refractivity contribution in [1.82, 2.24) is 40.0 Å². The van der Waals surface area contributed by atoms with Gasteiger partial charge in [0, 0.05) is 43.6 Å². The molecule has 4 heterocycles. The van der Waals surface area contributed by atoms with Gasteiger partial charge in [0.25, 0.3) is 5.91 Å². The highest BCUT2D eigenvalue weighted by Gasteiger charge is 2.43. The molecule has 2 aliphatic rings. The van der Waals surface area contributed by atoms with E-state index in [0.29, 0.717) is 65.9 Å². The van der Waals surface area contributed by atoms with E-state index in [4.69, 9.17) is 4.42 Å². The molecule has 2 aromatic carbocycles. The Hall–Kier alpha value is -5.04. The molecule has 1 saturated carbocycles. The third-order valence-corrected chi connectivity index (χ3v) is 7.78. The molecule has 1 N–H and O–H groups in total. The minimum Gasteiger partial charge on any atom is -0.436 e. The van der Waals surface area contributed by atoms with Crippen molar-refractivity contribution in [2.75, 3.05) is 31.5 Å². The summed E-state index contributed by atoms with van der Waals surface area (Å²) in [5.41, 5.74) is 3.54. The topological polar surface area (TPSA) is 135 Å². The molecular formula is C30H28FN9O3. The lowest BCUT2D eigenvalue weighted by Crippen LogP contribution is -2.50. The van der Waals surface area contributed by atoms with Gasteiger partial charge < -0.3 is 14.6 Å². The summed E-state index contributed by atoms with van der Waals surface area (Å²) in [5, 5.41) is 15.5. The number of oxazole rings is 1. The molecule has 1 aliphatic heterocycles. The van der Waals surface area contributed by atoms with Crippen LogP contribution in [0.3, 0.4) is 0 Å². The maximum atomic E-state index is 13.5. The highest BCUT2D eigenvalue weighted by atomic mass is 19.1. The van der Waals surface area contributed by atoms with Crippen LogP contribution in [0, 0.1) is 5.92 Å². The zero-order chi connectivity index (χ0) is 29.5. The number of fused-ring (bicyclic) bond motifs is 1. The summed E-state index contributed by atoms with van der Waals surface area (Å²) >= 11 is 0. The summed E-state index contributed by atoms with van der Waals surface area (Å²) in [5.74, 6) is -0.155. The highest BCUT2D eigenvalue weighted by molar-refractivity contribution is 5.96. The third-order valence-electron chi connectivity index (χ3n) is 7.78. The summed E-state index contributed by atoms with van der Waals surface area (Å²) in [6.45, 7) is 2.27. The molecule has 43 heavy (non-hydrogen) atoms. The van der Waals surface area contributed by atoms with Crippen LogP contribution in [-0.2, 0) is 11.8 Å². The highest BCUT2D eigenvalue weighted by Crippen LogP contribution is 2.35. The Bertz CT molecular complexity index is 1800. The number of nitrogens with zero attached hydrogens (tertiary/aromatic N) is 8. The molecule has 3 atom stereocenters. The molecule has 1 aliphatic carbocycles. The Morgan fingerprint density at radius 1 is 1.05 bits per heavy atom. The van der Waals surface area contributed by atoms with E-state index in [2.05, 4.69) is 35.6 Å². The predicted octanol–water partition coefficient (Wildman–Crippen LogP) is 3.26. The van der Waals surface area contributed by atoms with Crippen LogP contribution in [0.5, 0.6) is 0 Å². The van der Waals surface area contributed by atoms with Crippen LogP contribution in [0.4, 0.5) is 10.1 Å². The number of pyridine rings is 1. The Morgan fingerprint density at radius 3 is 2.56 bits per heavy atom. The van der Waals surface area contributed by atoms with Gasteiger partial charge in [-0.1, -0.05) is 30.3 Å². The number of hydrogen-bond acceptors (Lipinski definition) is 9. The van der Waals surface area contributed by atoms with Crippen LogP contribution in [0.15, 0.2) is 71.3 Å². The molecule has 12 nitrogen and oxygen atoms in total. The first-order valence-corrected chi connectivity index (χ1v) is 14.1. The Balaban J connectivity index is 1.05. The molecule has 5 aromatic rings. The summed E-state index contributed by atoms with van der Waals surface area (Å²) in [7, 11) is 1.74. The van der Waals surface area contributed by atoms with Crippen molar-refractivity contribution in [3.05, 3.63) is 83.9 Å². The van der Waals surface area contributed by atoms with E-state index in [1.807, 2.05) is 30.3 Å². The average Bonchev–Trinajstić information content (AvgIpc) is 3.39. The quantitative estimate of drug-likeness (QED) is 0.307. The Morgan fingerprint density at radius 2 is 1.84 bits per heavy atom. The van der Waals surface area contributed by atoms with Gasteiger partial charge in [0.05, 0.1) is 19.0 Å². The number of aryl methyl sites for hydroxylation is 1. The van der Waals surface area contributed by atoms with Crippen molar-refractivity contribution in [1.29, 1.82) is 0 Å². The lowest BCUT2D eigenvalue weighted by Gasteiger charge is -2.38. The molecule has 0 unspecified atom stereocenters. The predicted molar refractivity (Wildman–Crippen MR) is 153 cm³/mol. The first-order chi connectivity index (χ1) is 20.9. The first-order valence-electron chi connectivity index (χ1n) is 14.1. The van der Waals surface area contributed by atoms with Crippen LogP contribution in [0.1, 0.15) is 34.3 Å². The van der Waals surface area contributed by atoms with Gasteiger partial charge in [-0.25, -0.2) is 9.37 Å². The molecule has 0 bridgehead atoms. The van der Waals surface area contributed by atoms with Gasteiger partial charge >= 0.3 is 0 Å². The summed E-state index contributed by atoms with van der Waals surface area (Å²) < 4.78 is 19.2. The summed E-state index contributed by atoms with van der Waals surface area (Å²) in [6.07, 6.45) is 0.755. The second-order valence-corrected chi connectivity index (χ2v) is 10.8. The van der Waals surface area contributed by atoms with Crippen molar-refractivity contribution in [3.63, 3.8) is 0 Å². The van der Waals surface area contributed by atoms with Gasteiger partial charge in [0.2, 0.25) is 11.8 Å². The van der Waals surface area contributed by atoms with E-state index < -0.39 is 12.1 Å². The zero-order valence-electron chi connectivity index (χ0n) is 23.3. The average molecular weight is 582 g/mol. The molecule has 2 fully saturated rings. The molecular weight excluding hydrogens is 553 g/mol. The lowest BCUT2D eigenvalue weighted by molar-refractivity contribution is -0.117. The van der Waals surface area contributed by atoms with Gasteiger partial charge in [0.15, 0.2) is 11.4 Å². The van der Waals surface area contributed by atoms with Gasteiger partial charge in [-0.05, 0) is 47.5 Å². The van der Waals surface area contributed by atoms with Crippen molar-refractivity contribution < 1.29 is 18.4 Å². The Kier molecular flexibility index (Phi) is 6.86. The minimum atomic E-state index is -1.07. The number of amides is 2. The van der Waals surface area contributed by atoms with Crippen LogP contribution in [-0.4, -0.2) is 84.1 Å². The van der Waals surface area contributed by atoms with E-state index in [1.165, 1.54) is 4.80 Å². The minimum absolute atomic E-state index is 0.170. The van der Waals surface area contributed by atoms with Crippen molar-refractivity contribution in [3.8, 4) is 11.5 Å². The number of rotatable bonds is 7. The van der Waals surface area contributed by atoms with Crippen LogP contribution >= 0.6 is 0 Å². The SMILES string of the molecule is Cn1nnc([C@@H](c2ccccc2)N2CCN(C(=O)c3cc(-c4nc5cc(NC(=O)[C@@H]6C[C@H]6F)ccc5o4)ccn3)CC2)n1. The lowest BCUT2D eigenvalue weighted by atomic mass is 10.0. The summed E-state index contributed by atoms with van der Waals surface area (Å²) in [4.78, 5) is 40.0. The number of halogens is 1. The van der Waals surface area contributed by atoms with Crippen LogP contribution in [0.2, 0.25) is 0 Å². The maximum absolute atomic E-state index is 13.5. The fraction of sp³-hybridized carbons (Fsp3) is 0.300. The van der Waals surface area contributed by atoms with E-state index >= 15 is 0 Å². The number of piperazine rings is 1. The zero-order valence-corrected chi connectivity index (χ0v) is 23.3. The number of carbonyl (C=O) groups excluding carboxylic acids is 2. The third kappa shape index (κ3) is 5.46. The molecule has 7 rings (SSSR count). The number of tetrazole rings is 1. The van der Waals surface area contributed by atoms with E-state index in [-0.39, 0.29) is 24.3 Å². The summed E-state index contributed by atoms with van der Waals surface area (Å²) in [6, 6.07) is 18.3. The van der Waals surface area contributed by atoms with Gasteiger partial charge in [-0.2, -0.15) is 4.80 Å². The van der Waals surface area contributed by atoms with E-state index in [0.717, 1.165) is 5.56 Å². The largest absolute Gasteiger partial charge is 0.436 e. The van der Waals surface area contributed by atoms with Gasteiger partial charge in [-0.3, -0.25) is 19.5 Å². The Labute approximate surface area is 245 Å². The fourth-order valence-corrected chi connectivity index (χ4v) is 5.39. The van der Waals surface area contributed by atoms with Crippen LogP contribution < -0.4 is 5.32 Å². The molecule has 2 amide bonds. The molecule has 1 saturated heterocycles. The normalized spacial score (nSPS) is 19.3. The molecule has 218 valence electrons. The fourth-order valence-electron chi connectivity index (χ4n) is 5.39. The smallest absolute Gasteiger partial charge is 0.272 e. The number of alkyl halides is 1. The number of benzene rings is 2. The van der Waals surface area contributed by atoms with Crippen molar-refractivity contribution in [2.45, 2.75) is 18.6 Å². The second kappa shape index (κ2) is 11.0. The van der Waals surface area contributed by atoms with E-state index in [9.17, 15) is 14.0 Å². The standard InChI is InChI=1S/C30H28FN9O3/c1-38-36-27(35-37-38)26(18-5-3-2-4-6-18)39-11-13-40(14-12-39)30(42)24-15-19(9-10-32-24)29-34-23-16-20(7-8-25(23)43-29)33-28(41)21-17-22(21)31/h2-10,15-16,21-22,26H,11-14,17H2,1H3,(H,33,41)/t21-,22-,26-/m1/s1. The van der Waals surface area contributed by atoms with Gasteiger partial charge in [0.1, 0.15) is 17.4 Å². The number of carbonyl (C=O) groups is 2. The van der Waals surface area contributed by atoms with Crippen molar-refractivity contribution in [2.24, 2.45) is 13.0 Å². The molecule has 13 heteroatoms. The second-order valence-electron chi connectivity index (χ2n) is 10.8.